The molecule has 1 aliphatic rings. The Bertz CT molecular complexity index is 1010. The van der Waals surface area contributed by atoms with Crippen LogP contribution >= 0.6 is 0 Å². The lowest BCUT2D eigenvalue weighted by Gasteiger charge is -2.31. The third-order valence-electron chi connectivity index (χ3n) is 5.48. The fourth-order valence-electron chi connectivity index (χ4n) is 3.60. The van der Waals surface area contributed by atoms with Gasteiger partial charge in [-0.2, -0.15) is 0 Å². The van der Waals surface area contributed by atoms with Crippen LogP contribution in [-0.2, 0) is 21.1 Å². The first-order valence-electron chi connectivity index (χ1n) is 9.59. The lowest BCUT2D eigenvalue weighted by Crippen LogP contribution is -2.41. The predicted octanol–water partition coefficient (Wildman–Crippen LogP) is 1.81. The molecule has 3 rings (SSSR count). The number of hydrogen-bond acceptors (Lipinski definition) is 6. The van der Waals surface area contributed by atoms with Gasteiger partial charge in [-0.05, 0) is 49.7 Å². The van der Waals surface area contributed by atoms with Crippen LogP contribution in [0.15, 0.2) is 47.4 Å². The number of sulfone groups is 1. The highest BCUT2D eigenvalue weighted by Gasteiger charge is 2.26. The van der Waals surface area contributed by atoms with Gasteiger partial charge >= 0.3 is 5.97 Å². The number of hydrogen-bond donors (Lipinski definition) is 0. The smallest absolute Gasteiger partial charge is 0.337 e. The lowest BCUT2D eigenvalue weighted by molar-refractivity contribution is 0.0600. The van der Waals surface area contributed by atoms with Crippen molar-refractivity contribution in [2.45, 2.75) is 25.4 Å². The minimum absolute atomic E-state index is 0.0991. The molecule has 156 valence electrons. The number of carbonyl (C=O) groups is 1. The summed E-state index contributed by atoms with van der Waals surface area (Å²) in [6, 6.07) is 10.6. The van der Waals surface area contributed by atoms with Crippen molar-refractivity contribution < 1.29 is 17.9 Å². The van der Waals surface area contributed by atoms with E-state index in [2.05, 4.69) is 4.90 Å². The summed E-state index contributed by atoms with van der Waals surface area (Å²) in [4.78, 5) is 26.6. The molecule has 0 unspecified atom stereocenters. The second-order valence-corrected chi connectivity index (χ2v) is 9.66. The van der Waals surface area contributed by atoms with Gasteiger partial charge in [0.1, 0.15) is 9.84 Å². The van der Waals surface area contributed by atoms with Crippen molar-refractivity contribution in [1.82, 2.24) is 9.47 Å². The van der Waals surface area contributed by atoms with Gasteiger partial charge in [-0.25, -0.2) is 13.2 Å². The maximum absolute atomic E-state index is 12.9. The molecule has 0 bridgehead atoms. The van der Waals surface area contributed by atoms with E-state index in [9.17, 15) is 18.0 Å². The van der Waals surface area contributed by atoms with E-state index in [1.54, 1.807) is 41.1 Å². The largest absolute Gasteiger partial charge is 0.465 e. The van der Waals surface area contributed by atoms with E-state index in [-0.39, 0.29) is 23.1 Å². The Hall–Kier alpha value is -2.45. The fourth-order valence-corrected chi connectivity index (χ4v) is 5.07. The van der Waals surface area contributed by atoms with Crippen LogP contribution in [0.25, 0.3) is 11.1 Å². The minimum atomic E-state index is -2.88. The summed E-state index contributed by atoms with van der Waals surface area (Å²) in [6.07, 6.45) is 3.04. The molecule has 29 heavy (non-hydrogen) atoms. The minimum Gasteiger partial charge on any atom is -0.465 e. The first-order valence-corrected chi connectivity index (χ1v) is 11.4. The summed E-state index contributed by atoms with van der Waals surface area (Å²) in [5, 5.41) is 0. The number of nitrogens with zero attached hydrogens (tertiary/aromatic N) is 2. The summed E-state index contributed by atoms with van der Waals surface area (Å²) in [5.41, 5.74) is 1.64. The van der Waals surface area contributed by atoms with Crippen molar-refractivity contribution in [3.8, 4) is 11.1 Å². The molecule has 1 aromatic carbocycles. The molecule has 8 heteroatoms. The first kappa shape index (κ1) is 21.3. The standard InChI is InChI=1S/C21H26N2O5S/c1-22(18-9-14-29(26,27)15-10-18)12-13-23-11-3-4-19(20(23)24)16-5-7-17(8-6-16)21(25)28-2/h3-8,11,18H,9-10,12-15H2,1-2H3. The van der Waals surface area contributed by atoms with E-state index < -0.39 is 15.8 Å². The molecule has 1 aliphatic heterocycles. The van der Waals surface area contributed by atoms with Gasteiger partial charge in [0, 0.05) is 30.9 Å². The Morgan fingerprint density at radius 1 is 1.17 bits per heavy atom. The Labute approximate surface area is 170 Å². The zero-order valence-electron chi connectivity index (χ0n) is 16.7. The number of ether oxygens (including phenoxy) is 1. The maximum atomic E-state index is 12.9. The SMILES string of the molecule is COC(=O)c1ccc(-c2cccn(CCN(C)C3CCS(=O)(=O)CC3)c2=O)cc1. The van der Waals surface area contributed by atoms with Gasteiger partial charge in [0.05, 0.1) is 24.2 Å². The Kier molecular flexibility index (Phi) is 6.54. The Morgan fingerprint density at radius 2 is 1.83 bits per heavy atom. The zero-order chi connectivity index (χ0) is 21.0. The fraction of sp³-hybridized carbons (Fsp3) is 0.429. The molecule has 0 radical (unpaired) electrons. The van der Waals surface area contributed by atoms with Crippen LogP contribution in [0.1, 0.15) is 23.2 Å². The molecule has 1 aromatic heterocycles. The number of pyridine rings is 1. The number of methoxy groups -OCH3 is 1. The van der Waals surface area contributed by atoms with Crippen LogP contribution in [0.4, 0.5) is 0 Å². The quantitative estimate of drug-likeness (QED) is 0.665. The molecule has 0 N–H and O–H groups in total. The molecular weight excluding hydrogens is 392 g/mol. The van der Waals surface area contributed by atoms with Crippen LogP contribution in [-0.4, -0.2) is 62.1 Å². The predicted molar refractivity (Wildman–Crippen MR) is 112 cm³/mol. The third kappa shape index (κ3) is 5.13. The lowest BCUT2D eigenvalue weighted by atomic mass is 10.1. The average Bonchev–Trinajstić information content (AvgIpc) is 2.72. The van der Waals surface area contributed by atoms with E-state index in [0.717, 1.165) is 5.56 Å². The summed E-state index contributed by atoms with van der Waals surface area (Å²) in [7, 11) is 0.424. The van der Waals surface area contributed by atoms with Gasteiger partial charge in [0.15, 0.2) is 0 Å². The molecule has 1 fully saturated rings. The van der Waals surface area contributed by atoms with Gasteiger partial charge in [-0.1, -0.05) is 12.1 Å². The normalized spacial score (nSPS) is 16.7. The number of aromatic nitrogens is 1. The molecule has 1 saturated heterocycles. The van der Waals surface area contributed by atoms with Gasteiger partial charge in [-0.3, -0.25) is 4.79 Å². The number of likely N-dealkylation sites (N-methyl/N-ethyl adjacent to an activating group) is 1. The number of benzene rings is 1. The second-order valence-electron chi connectivity index (χ2n) is 7.35. The van der Waals surface area contributed by atoms with Crippen LogP contribution < -0.4 is 5.56 Å². The van der Waals surface area contributed by atoms with Gasteiger partial charge < -0.3 is 14.2 Å². The first-order chi connectivity index (χ1) is 13.8. The van der Waals surface area contributed by atoms with Crippen molar-refractivity contribution in [1.29, 1.82) is 0 Å². The topological polar surface area (TPSA) is 85.7 Å². The summed E-state index contributed by atoms with van der Waals surface area (Å²) in [5.74, 6) is 0.0541. The highest BCUT2D eigenvalue weighted by Crippen LogP contribution is 2.18. The molecule has 2 aromatic rings. The van der Waals surface area contributed by atoms with Crippen molar-refractivity contribution in [2.75, 3.05) is 32.2 Å². The van der Waals surface area contributed by atoms with E-state index in [4.69, 9.17) is 4.74 Å². The van der Waals surface area contributed by atoms with Crippen molar-refractivity contribution in [2.24, 2.45) is 0 Å². The second kappa shape index (κ2) is 8.92. The highest BCUT2D eigenvalue weighted by molar-refractivity contribution is 7.91. The van der Waals surface area contributed by atoms with Crippen molar-refractivity contribution in [3.63, 3.8) is 0 Å². The van der Waals surface area contributed by atoms with Gasteiger partial charge in [-0.15, -0.1) is 0 Å². The van der Waals surface area contributed by atoms with Crippen molar-refractivity contribution >= 4 is 15.8 Å². The third-order valence-corrected chi connectivity index (χ3v) is 7.19. The van der Waals surface area contributed by atoms with Crippen LogP contribution in [0.3, 0.4) is 0 Å². The number of carbonyl (C=O) groups excluding carboxylic acids is 1. The number of esters is 1. The molecule has 7 nitrogen and oxygen atoms in total. The van der Waals surface area contributed by atoms with Crippen molar-refractivity contribution in [3.05, 3.63) is 58.5 Å². The zero-order valence-corrected chi connectivity index (χ0v) is 17.5. The monoisotopic (exact) mass is 418 g/mol. The van der Waals surface area contributed by atoms with Crippen LogP contribution in [0.5, 0.6) is 0 Å². The molecule has 0 saturated carbocycles. The van der Waals surface area contributed by atoms with E-state index in [0.29, 0.717) is 37.1 Å². The van der Waals surface area contributed by atoms with E-state index >= 15 is 0 Å². The molecule has 0 spiro atoms. The van der Waals surface area contributed by atoms with Gasteiger partial charge in [0.2, 0.25) is 0 Å². The molecule has 0 aliphatic carbocycles. The van der Waals surface area contributed by atoms with Gasteiger partial charge in [0.25, 0.3) is 5.56 Å². The average molecular weight is 419 g/mol. The highest BCUT2D eigenvalue weighted by atomic mass is 32.2. The molecule has 2 heterocycles. The maximum Gasteiger partial charge on any atom is 0.337 e. The summed E-state index contributed by atoms with van der Waals surface area (Å²) >= 11 is 0. The van der Waals surface area contributed by atoms with Crippen LogP contribution in [0.2, 0.25) is 0 Å². The molecule has 0 atom stereocenters. The van der Waals surface area contributed by atoms with E-state index in [1.807, 2.05) is 13.1 Å². The molecule has 0 amide bonds. The number of rotatable bonds is 6. The Balaban J connectivity index is 1.69. The van der Waals surface area contributed by atoms with E-state index in [1.165, 1.54) is 7.11 Å². The Morgan fingerprint density at radius 3 is 2.45 bits per heavy atom. The van der Waals surface area contributed by atoms with Crippen LogP contribution in [0, 0.1) is 0 Å². The summed E-state index contributed by atoms with van der Waals surface area (Å²) < 4.78 is 29.6. The molecular formula is C21H26N2O5S. The summed E-state index contributed by atoms with van der Waals surface area (Å²) in [6.45, 7) is 1.18.